The second-order valence-corrected chi connectivity index (χ2v) is 4.28. The van der Waals surface area contributed by atoms with E-state index in [0.29, 0.717) is 11.4 Å². The summed E-state index contributed by atoms with van der Waals surface area (Å²) >= 11 is 0. The number of hydrogen-bond donors (Lipinski definition) is 4. The van der Waals surface area contributed by atoms with Gasteiger partial charge in [-0.1, -0.05) is 13.8 Å². The molecule has 5 N–H and O–H groups in total. The van der Waals surface area contributed by atoms with Crippen LogP contribution in [0.3, 0.4) is 0 Å². The average molecular weight is 251 g/mol. The van der Waals surface area contributed by atoms with E-state index < -0.39 is 18.0 Å². The zero-order chi connectivity index (χ0) is 13.7. The SMILES string of the molecule is CC(C)C(NC(=O)Nc1ccc(N)cc1)C(=O)O. The Labute approximate surface area is 105 Å². The first-order chi connectivity index (χ1) is 8.40. The number of nitrogens with two attached hydrogens (primary N) is 1. The molecule has 0 aromatic heterocycles. The van der Waals surface area contributed by atoms with Crippen LogP contribution < -0.4 is 16.4 Å². The molecule has 0 aliphatic carbocycles. The quantitative estimate of drug-likeness (QED) is 0.608. The summed E-state index contributed by atoms with van der Waals surface area (Å²) in [6, 6.07) is 5.10. The molecule has 1 aromatic carbocycles. The summed E-state index contributed by atoms with van der Waals surface area (Å²) in [5.41, 5.74) is 6.65. The number of urea groups is 1. The molecule has 0 spiro atoms. The van der Waals surface area contributed by atoms with E-state index in [0.717, 1.165) is 0 Å². The van der Waals surface area contributed by atoms with E-state index in [-0.39, 0.29) is 5.92 Å². The van der Waals surface area contributed by atoms with Gasteiger partial charge in [0.1, 0.15) is 6.04 Å². The monoisotopic (exact) mass is 251 g/mol. The van der Waals surface area contributed by atoms with Gasteiger partial charge < -0.3 is 21.5 Å². The Kier molecular flexibility index (Phi) is 4.53. The van der Waals surface area contributed by atoms with Crippen LogP contribution in [0, 0.1) is 5.92 Å². The number of hydrogen-bond acceptors (Lipinski definition) is 3. The van der Waals surface area contributed by atoms with E-state index in [1.54, 1.807) is 38.1 Å². The first kappa shape index (κ1) is 13.8. The largest absolute Gasteiger partial charge is 0.480 e. The number of aliphatic carboxylic acids is 1. The number of anilines is 2. The van der Waals surface area contributed by atoms with Crippen molar-refractivity contribution in [1.29, 1.82) is 0 Å². The van der Waals surface area contributed by atoms with Crippen LogP contribution in [0.15, 0.2) is 24.3 Å². The molecule has 0 fully saturated rings. The molecule has 0 radical (unpaired) electrons. The molecule has 0 saturated heterocycles. The predicted octanol–water partition coefficient (Wildman–Crippen LogP) is 1.50. The number of benzene rings is 1. The number of nitrogens with one attached hydrogen (secondary N) is 2. The fourth-order valence-electron chi connectivity index (χ4n) is 1.39. The number of rotatable bonds is 4. The lowest BCUT2D eigenvalue weighted by Gasteiger charge is -2.18. The van der Waals surface area contributed by atoms with Crippen LogP contribution in [0.1, 0.15) is 13.8 Å². The molecule has 1 rings (SSSR count). The van der Waals surface area contributed by atoms with Crippen LogP contribution in [-0.2, 0) is 4.79 Å². The average Bonchev–Trinajstić information content (AvgIpc) is 2.28. The van der Waals surface area contributed by atoms with Crippen LogP contribution in [0.25, 0.3) is 0 Å². The van der Waals surface area contributed by atoms with Crippen molar-refractivity contribution in [2.45, 2.75) is 19.9 Å². The maximum Gasteiger partial charge on any atom is 0.326 e. The standard InChI is InChI=1S/C12H17N3O3/c1-7(2)10(11(16)17)15-12(18)14-9-5-3-8(13)4-6-9/h3-7,10H,13H2,1-2H3,(H,16,17)(H2,14,15,18). The molecule has 0 saturated carbocycles. The van der Waals surface area contributed by atoms with Gasteiger partial charge in [0.15, 0.2) is 0 Å². The third-order valence-corrected chi connectivity index (χ3v) is 2.39. The number of carboxylic acids is 1. The van der Waals surface area contributed by atoms with Gasteiger partial charge in [0.2, 0.25) is 0 Å². The number of carbonyl (C=O) groups is 2. The Hall–Kier alpha value is -2.24. The Morgan fingerprint density at radius 1 is 1.22 bits per heavy atom. The fourth-order valence-corrected chi connectivity index (χ4v) is 1.39. The number of carbonyl (C=O) groups excluding carboxylic acids is 1. The van der Waals surface area contributed by atoms with E-state index in [9.17, 15) is 9.59 Å². The highest BCUT2D eigenvalue weighted by atomic mass is 16.4. The molecule has 1 aromatic rings. The van der Waals surface area contributed by atoms with Crippen molar-refractivity contribution in [2.24, 2.45) is 5.92 Å². The minimum absolute atomic E-state index is 0.195. The van der Waals surface area contributed by atoms with Crippen molar-refractivity contribution in [1.82, 2.24) is 5.32 Å². The van der Waals surface area contributed by atoms with E-state index in [1.165, 1.54) is 0 Å². The lowest BCUT2D eigenvalue weighted by atomic mass is 10.1. The van der Waals surface area contributed by atoms with Gasteiger partial charge in [-0.05, 0) is 30.2 Å². The van der Waals surface area contributed by atoms with Crippen molar-refractivity contribution in [3.63, 3.8) is 0 Å². The molecule has 98 valence electrons. The van der Waals surface area contributed by atoms with Crippen LogP contribution in [0.2, 0.25) is 0 Å². The topological polar surface area (TPSA) is 104 Å². The van der Waals surface area contributed by atoms with Crippen LogP contribution in [0.5, 0.6) is 0 Å². The Morgan fingerprint density at radius 3 is 2.22 bits per heavy atom. The molecule has 0 bridgehead atoms. The zero-order valence-corrected chi connectivity index (χ0v) is 10.3. The molecule has 6 heteroatoms. The van der Waals surface area contributed by atoms with Crippen molar-refractivity contribution in [3.05, 3.63) is 24.3 Å². The third-order valence-electron chi connectivity index (χ3n) is 2.39. The molecule has 0 heterocycles. The molecule has 2 amide bonds. The zero-order valence-electron chi connectivity index (χ0n) is 10.3. The minimum atomic E-state index is -1.06. The summed E-state index contributed by atoms with van der Waals surface area (Å²) in [5.74, 6) is -1.25. The molecule has 18 heavy (non-hydrogen) atoms. The fraction of sp³-hybridized carbons (Fsp3) is 0.333. The highest BCUT2D eigenvalue weighted by molar-refractivity contribution is 5.92. The van der Waals surface area contributed by atoms with Crippen molar-refractivity contribution in [2.75, 3.05) is 11.1 Å². The van der Waals surface area contributed by atoms with Gasteiger partial charge in [-0.2, -0.15) is 0 Å². The van der Waals surface area contributed by atoms with Crippen molar-refractivity contribution >= 4 is 23.4 Å². The van der Waals surface area contributed by atoms with Gasteiger partial charge in [-0.3, -0.25) is 0 Å². The van der Waals surface area contributed by atoms with Crippen molar-refractivity contribution < 1.29 is 14.7 Å². The minimum Gasteiger partial charge on any atom is -0.480 e. The highest BCUT2D eigenvalue weighted by Gasteiger charge is 2.23. The second kappa shape index (κ2) is 5.90. The summed E-state index contributed by atoms with van der Waals surface area (Å²) < 4.78 is 0. The Bertz CT molecular complexity index is 429. The molecular weight excluding hydrogens is 234 g/mol. The van der Waals surface area contributed by atoms with Gasteiger partial charge in [0.25, 0.3) is 0 Å². The summed E-state index contributed by atoms with van der Waals surface area (Å²) in [7, 11) is 0. The molecule has 0 aliphatic heterocycles. The number of carboxylic acid groups (broad SMARTS) is 1. The van der Waals surface area contributed by atoms with Crippen LogP contribution >= 0.6 is 0 Å². The lowest BCUT2D eigenvalue weighted by Crippen LogP contribution is -2.46. The lowest BCUT2D eigenvalue weighted by molar-refractivity contribution is -0.140. The molecular formula is C12H17N3O3. The van der Waals surface area contributed by atoms with E-state index in [4.69, 9.17) is 10.8 Å². The summed E-state index contributed by atoms with van der Waals surface area (Å²) in [4.78, 5) is 22.5. The van der Waals surface area contributed by atoms with Gasteiger partial charge in [0, 0.05) is 11.4 Å². The summed E-state index contributed by atoms with van der Waals surface area (Å²) in [6.07, 6.45) is 0. The number of nitrogen functional groups attached to an aromatic ring is 1. The molecule has 1 unspecified atom stereocenters. The van der Waals surface area contributed by atoms with Crippen molar-refractivity contribution in [3.8, 4) is 0 Å². The van der Waals surface area contributed by atoms with Gasteiger partial charge in [-0.15, -0.1) is 0 Å². The maximum atomic E-state index is 11.6. The van der Waals surface area contributed by atoms with Gasteiger partial charge in [-0.25, -0.2) is 9.59 Å². The van der Waals surface area contributed by atoms with E-state index in [2.05, 4.69) is 10.6 Å². The third kappa shape index (κ3) is 3.97. The summed E-state index contributed by atoms with van der Waals surface area (Å²) in [6.45, 7) is 3.45. The smallest absolute Gasteiger partial charge is 0.326 e. The van der Waals surface area contributed by atoms with Gasteiger partial charge in [0.05, 0.1) is 0 Å². The van der Waals surface area contributed by atoms with E-state index >= 15 is 0 Å². The predicted molar refractivity (Wildman–Crippen MR) is 69.3 cm³/mol. The summed E-state index contributed by atoms with van der Waals surface area (Å²) in [5, 5.41) is 13.9. The molecule has 6 nitrogen and oxygen atoms in total. The number of amides is 2. The van der Waals surface area contributed by atoms with Gasteiger partial charge >= 0.3 is 12.0 Å². The molecule has 0 aliphatic rings. The normalized spacial score (nSPS) is 11.9. The first-order valence-corrected chi connectivity index (χ1v) is 5.56. The second-order valence-electron chi connectivity index (χ2n) is 4.28. The Balaban J connectivity index is 2.60. The Morgan fingerprint density at radius 2 is 1.78 bits per heavy atom. The van der Waals surface area contributed by atoms with Crippen LogP contribution in [0.4, 0.5) is 16.2 Å². The first-order valence-electron chi connectivity index (χ1n) is 5.56. The maximum absolute atomic E-state index is 11.6. The molecule has 1 atom stereocenters. The van der Waals surface area contributed by atoms with E-state index in [1.807, 2.05) is 0 Å². The van der Waals surface area contributed by atoms with Crippen LogP contribution in [-0.4, -0.2) is 23.1 Å². The highest BCUT2D eigenvalue weighted by Crippen LogP contribution is 2.10.